The highest BCUT2D eigenvalue weighted by Gasteiger charge is 2.19. The van der Waals surface area contributed by atoms with Gasteiger partial charge in [-0.1, -0.05) is 32.9 Å². The maximum Gasteiger partial charge on any atom is 0.269 e. The molecule has 0 aliphatic heterocycles. The van der Waals surface area contributed by atoms with Crippen LogP contribution < -0.4 is 5.73 Å². The predicted octanol–water partition coefficient (Wildman–Crippen LogP) is 2.40. The highest BCUT2D eigenvalue weighted by molar-refractivity contribution is 5.34. The van der Waals surface area contributed by atoms with E-state index < -0.39 is 0 Å². The lowest BCUT2D eigenvalue weighted by atomic mass is 9.93. The van der Waals surface area contributed by atoms with Crippen molar-refractivity contribution in [2.24, 2.45) is 11.1 Å². The van der Waals surface area contributed by atoms with Gasteiger partial charge in [-0.3, -0.25) is 15.0 Å². The minimum Gasteiger partial charge on any atom is -0.330 e. The van der Waals surface area contributed by atoms with E-state index in [2.05, 4.69) is 25.7 Å². The maximum absolute atomic E-state index is 10.8. The van der Waals surface area contributed by atoms with E-state index in [1.165, 1.54) is 6.07 Å². The van der Waals surface area contributed by atoms with Crippen LogP contribution in [-0.4, -0.2) is 29.5 Å². The summed E-state index contributed by atoms with van der Waals surface area (Å²) in [5, 5.41) is 10.8. The lowest BCUT2D eigenvalue weighted by Gasteiger charge is -2.31. The molecule has 0 amide bonds. The topological polar surface area (TPSA) is 72.4 Å². The van der Waals surface area contributed by atoms with Crippen LogP contribution in [0.4, 0.5) is 5.69 Å². The number of nitrogens with two attached hydrogens (primary N) is 1. The Morgan fingerprint density at radius 1 is 1.42 bits per heavy atom. The van der Waals surface area contributed by atoms with Gasteiger partial charge in [0.25, 0.3) is 5.69 Å². The van der Waals surface area contributed by atoms with Crippen molar-refractivity contribution < 1.29 is 4.92 Å². The van der Waals surface area contributed by atoms with Crippen LogP contribution in [-0.2, 0) is 6.54 Å². The monoisotopic (exact) mass is 265 g/mol. The van der Waals surface area contributed by atoms with Crippen LogP contribution in [0.1, 0.15) is 26.3 Å². The average molecular weight is 265 g/mol. The molecule has 5 heteroatoms. The average Bonchev–Trinajstić information content (AvgIpc) is 2.38. The van der Waals surface area contributed by atoms with Gasteiger partial charge in [-0.2, -0.15) is 0 Å². The first kappa shape index (κ1) is 15.6. The molecule has 0 bridgehead atoms. The zero-order valence-electron chi connectivity index (χ0n) is 11.9. The molecule has 19 heavy (non-hydrogen) atoms. The third kappa shape index (κ3) is 4.96. The molecule has 0 saturated carbocycles. The van der Waals surface area contributed by atoms with E-state index in [1.807, 2.05) is 6.07 Å². The summed E-state index contributed by atoms with van der Waals surface area (Å²) in [4.78, 5) is 12.7. The number of non-ortho nitro benzene ring substituents is 1. The Hall–Kier alpha value is -1.46. The Morgan fingerprint density at radius 2 is 2.11 bits per heavy atom. The van der Waals surface area contributed by atoms with E-state index in [4.69, 9.17) is 5.73 Å². The number of benzene rings is 1. The predicted molar refractivity (Wildman–Crippen MR) is 76.9 cm³/mol. The van der Waals surface area contributed by atoms with Crippen LogP contribution in [0.25, 0.3) is 0 Å². The van der Waals surface area contributed by atoms with E-state index >= 15 is 0 Å². The Bertz CT molecular complexity index is 432. The molecule has 0 unspecified atom stereocenters. The number of rotatable bonds is 7. The van der Waals surface area contributed by atoms with E-state index in [-0.39, 0.29) is 16.0 Å². The number of nitrogens with zero attached hydrogens (tertiary/aromatic N) is 2. The summed E-state index contributed by atoms with van der Waals surface area (Å²) in [7, 11) is 0. The van der Waals surface area contributed by atoms with Gasteiger partial charge < -0.3 is 5.73 Å². The van der Waals surface area contributed by atoms with E-state index in [1.54, 1.807) is 12.1 Å². The first-order valence-corrected chi connectivity index (χ1v) is 6.53. The van der Waals surface area contributed by atoms with Crippen LogP contribution in [0.15, 0.2) is 24.3 Å². The van der Waals surface area contributed by atoms with Gasteiger partial charge in [0, 0.05) is 25.2 Å². The number of nitro groups is 1. The molecule has 0 fully saturated rings. The Balaban J connectivity index is 2.76. The van der Waals surface area contributed by atoms with Crippen LogP contribution >= 0.6 is 0 Å². The molecule has 0 saturated heterocycles. The molecule has 0 aliphatic rings. The first-order chi connectivity index (χ1) is 8.88. The molecule has 1 rings (SSSR count). The minimum absolute atomic E-state index is 0.0523. The molecular weight excluding hydrogens is 242 g/mol. The van der Waals surface area contributed by atoms with Crippen molar-refractivity contribution in [3.8, 4) is 0 Å². The van der Waals surface area contributed by atoms with Gasteiger partial charge in [0.2, 0.25) is 0 Å². The van der Waals surface area contributed by atoms with Gasteiger partial charge in [0.15, 0.2) is 0 Å². The molecule has 0 aliphatic carbocycles. The Labute approximate surface area is 114 Å². The lowest BCUT2D eigenvalue weighted by molar-refractivity contribution is -0.384. The van der Waals surface area contributed by atoms with E-state index in [9.17, 15) is 10.1 Å². The van der Waals surface area contributed by atoms with Crippen molar-refractivity contribution in [3.63, 3.8) is 0 Å². The van der Waals surface area contributed by atoms with Crippen LogP contribution in [0.3, 0.4) is 0 Å². The third-order valence-electron chi connectivity index (χ3n) is 3.18. The van der Waals surface area contributed by atoms with Crippen molar-refractivity contribution in [1.82, 2.24) is 4.90 Å². The number of nitro benzene ring substituents is 1. The van der Waals surface area contributed by atoms with Gasteiger partial charge >= 0.3 is 0 Å². The molecule has 1 aromatic rings. The standard InChI is InChI=1S/C14H23N3O2/c1-4-16(11-14(2,3)10-15)9-12-6-5-7-13(8-12)17(18)19/h5-8H,4,9-11,15H2,1-3H3. The molecule has 0 radical (unpaired) electrons. The smallest absolute Gasteiger partial charge is 0.269 e. The lowest BCUT2D eigenvalue weighted by Crippen LogP contribution is -2.38. The van der Waals surface area contributed by atoms with Crippen LogP contribution in [0.5, 0.6) is 0 Å². The van der Waals surface area contributed by atoms with Gasteiger partial charge in [-0.25, -0.2) is 0 Å². The second-order valence-corrected chi connectivity index (χ2v) is 5.60. The van der Waals surface area contributed by atoms with Crippen molar-refractivity contribution in [1.29, 1.82) is 0 Å². The second kappa shape index (κ2) is 6.63. The van der Waals surface area contributed by atoms with Gasteiger partial charge in [0.05, 0.1) is 4.92 Å². The zero-order chi connectivity index (χ0) is 14.5. The fraction of sp³-hybridized carbons (Fsp3) is 0.571. The summed E-state index contributed by atoms with van der Waals surface area (Å²) in [6.07, 6.45) is 0. The van der Waals surface area contributed by atoms with Crippen molar-refractivity contribution in [2.45, 2.75) is 27.3 Å². The van der Waals surface area contributed by atoms with E-state index in [0.29, 0.717) is 13.1 Å². The fourth-order valence-corrected chi connectivity index (χ4v) is 1.98. The molecule has 0 heterocycles. The Kier molecular flexibility index (Phi) is 5.44. The molecule has 0 atom stereocenters. The summed E-state index contributed by atoms with van der Waals surface area (Å²) >= 11 is 0. The normalized spacial score (nSPS) is 11.8. The molecule has 2 N–H and O–H groups in total. The molecule has 106 valence electrons. The maximum atomic E-state index is 10.8. The van der Waals surface area contributed by atoms with Gasteiger partial charge in [-0.15, -0.1) is 0 Å². The summed E-state index contributed by atoms with van der Waals surface area (Å²) < 4.78 is 0. The van der Waals surface area contributed by atoms with Crippen LogP contribution in [0, 0.1) is 15.5 Å². The van der Waals surface area contributed by atoms with Crippen molar-refractivity contribution >= 4 is 5.69 Å². The summed E-state index contributed by atoms with van der Waals surface area (Å²) in [5.74, 6) is 0. The molecular formula is C14H23N3O2. The van der Waals surface area contributed by atoms with Gasteiger partial charge in [0.1, 0.15) is 0 Å². The molecule has 1 aromatic carbocycles. The summed E-state index contributed by atoms with van der Waals surface area (Å²) in [6.45, 7) is 9.45. The number of hydrogen-bond donors (Lipinski definition) is 1. The van der Waals surface area contributed by atoms with Crippen molar-refractivity contribution in [2.75, 3.05) is 19.6 Å². The highest BCUT2D eigenvalue weighted by Crippen LogP contribution is 2.19. The summed E-state index contributed by atoms with van der Waals surface area (Å²) in [5.41, 5.74) is 6.91. The first-order valence-electron chi connectivity index (χ1n) is 6.53. The molecule has 0 aromatic heterocycles. The SMILES string of the molecule is CCN(Cc1cccc([N+](=O)[O-])c1)CC(C)(C)CN. The number of hydrogen-bond acceptors (Lipinski definition) is 4. The van der Waals surface area contributed by atoms with Crippen LogP contribution in [0.2, 0.25) is 0 Å². The Morgan fingerprint density at radius 3 is 2.63 bits per heavy atom. The zero-order valence-corrected chi connectivity index (χ0v) is 11.9. The van der Waals surface area contributed by atoms with Gasteiger partial charge in [-0.05, 0) is 24.1 Å². The summed E-state index contributed by atoms with van der Waals surface area (Å²) in [6, 6.07) is 6.81. The highest BCUT2D eigenvalue weighted by atomic mass is 16.6. The molecule has 5 nitrogen and oxygen atoms in total. The molecule has 0 spiro atoms. The quantitative estimate of drug-likeness (QED) is 0.607. The third-order valence-corrected chi connectivity index (χ3v) is 3.18. The largest absolute Gasteiger partial charge is 0.330 e. The van der Waals surface area contributed by atoms with E-state index in [0.717, 1.165) is 18.7 Å². The fourth-order valence-electron chi connectivity index (χ4n) is 1.98. The van der Waals surface area contributed by atoms with Crippen molar-refractivity contribution in [3.05, 3.63) is 39.9 Å². The minimum atomic E-state index is -0.358. The second-order valence-electron chi connectivity index (χ2n) is 5.60.